The highest BCUT2D eigenvalue weighted by Gasteiger charge is 2.46. The third kappa shape index (κ3) is 4.45. The van der Waals surface area contributed by atoms with Gasteiger partial charge >= 0.3 is 0 Å². The third-order valence-electron chi connectivity index (χ3n) is 4.32. The van der Waals surface area contributed by atoms with Crippen LogP contribution in [0.4, 0.5) is 0 Å². The zero-order valence-electron chi connectivity index (χ0n) is 13.8. The minimum atomic E-state index is -1.58. The second-order valence-corrected chi connectivity index (χ2v) is 6.29. The fraction of sp³-hybridized carbons (Fsp3) is 0.929. The number of nitrogens with one attached hydrogen (secondary N) is 1. The van der Waals surface area contributed by atoms with Crippen LogP contribution in [0.15, 0.2) is 0 Å². The summed E-state index contributed by atoms with van der Waals surface area (Å²) in [5, 5.41) is 61.4. The second-order valence-electron chi connectivity index (χ2n) is 6.29. The smallest absolute Gasteiger partial charge is 0.217 e. The SMILES string of the molecule is CC(=O)N[C@H]1[C@H](O)[C@@H](O)[C@H](CO[C@H]2O[C@@H](C)[C@@H](O)[C@@H](O)[C@@H]2O)O[C@@H]1O. The van der Waals surface area contributed by atoms with Gasteiger partial charge in [0, 0.05) is 6.92 Å². The topological polar surface area (TPSA) is 178 Å². The number of aliphatic hydroxyl groups is 6. The minimum absolute atomic E-state index is 0.390. The summed E-state index contributed by atoms with van der Waals surface area (Å²) in [4.78, 5) is 11.1. The summed E-state index contributed by atoms with van der Waals surface area (Å²) in [7, 11) is 0. The van der Waals surface area contributed by atoms with E-state index in [-0.39, 0.29) is 6.61 Å². The molecule has 0 bridgehead atoms. The monoisotopic (exact) mass is 367 g/mol. The summed E-state index contributed by atoms with van der Waals surface area (Å²) in [5.41, 5.74) is 0. The molecule has 25 heavy (non-hydrogen) atoms. The Labute approximate surface area is 143 Å². The molecule has 2 rings (SSSR count). The quantitative estimate of drug-likeness (QED) is 0.257. The van der Waals surface area contributed by atoms with Crippen molar-refractivity contribution in [1.29, 1.82) is 0 Å². The number of carbonyl (C=O) groups excluding carboxylic acids is 1. The van der Waals surface area contributed by atoms with Crippen LogP contribution < -0.4 is 5.32 Å². The van der Waals surface area contributed by atoms with E-state index in [9.17, 15) is 35.4 Å². The minimum Gasteiger partial charge on any atom is -0.388 e. The van der Waals surface area contributed by atoms with E-state index < -0.39 is 67.3 Å². The molecular formula is C14H25NO10. The average molecular weight is 367 g/mol. The molecule has 2 saturated heterocycles. The number of aliphatic hydroxyl groups excluding tert-OH is 6. The summed E-state index contributed by atoms with van der Waals surface area (Å²) in [6.45, 7) is 2.27. The summed E-state index contributed by atoms with van der Waals surface area (Å²) < 4.78 is 15.6. The Balaban J connectivity index is 1.94. The number of hydrogen-bond donors (Lipinski definition) is 7. The lowest BCUT2D eigenvalue weighted by Gasteiger charge is -2.42. The van der Waals surface area contributed by atoms with Gasteiger partial charge in [-0.2, -0.15) is 0 Å². The van der Waals surface area contributed by atoms with Crippen molar-refractivity contribution in [1.82, 2.24) is 5.32 Å². The molecule has 0 spiro atoms. The van der Waals surface area contributed by atoms with Gasteiger partial charge in [0.1, 0.15) is 42.7 Å². The zero-order chi connectivity index (χ0) is 18.9. The normalized spacial score (nSPS) is 48.2. The van der Waals surface area contributed by atoms with E-state index in [0.717, 1.165) is 0 Å². The van der Waals surface area contributed by atoms with Crippen LogP contribution in [0.25, 0.3) is 0 Å². The van der Waals surface area contributed by atoms with Crippen molar-refractivity contribution in [2.45, 2.75) is 75.2 Å². The molecular weight excluding hydrogens is 342 g/mol. The van der Waals surface area contributed by atoms with E-state index in [1.54, 1.807) is 0 Å². The van der Waals surface area contributed by atoms with Crippen LogP contribution >= 0.6 is 0 Å². The predicted molar refractivity (Wildman–Crippen MR) is 78.8 cm³/mol. The van der Waals surface area contributed by atoms with E-state index in [2.05, 4.69) is 5.32 Å². The van der Waals surface area contributed by atoms with Crippen LogP contribution in [-0.4, -0.2) is 105 Å². The Morgan fingerprint density at radius 1 is 0.960 bits per heavy atom. The summed E-state index contributed by atoms with van der Waals surface area (Å²) in [6.07, 6.45) is -12.2. The Morgan fingerprint density at radius 3 is 2.20 bits per heavy atom. The maximum atomic E-state index is 11.1. The standard InChI is InChI=1S/C14H25NO10/c1-4-8(17)11(20)12(21)14(24-4)23-3-6-9(18)10(19)7(13(22)25-6)15-5(2)16/h4,6-14,17-22H,3H2,1-2H3,(H,15,16)/t4-,6-,7-,8+,9-,10-,11+,12-,13-,14-/m0/s1. The highest BCUT2D eigenvalue weighted by molar-refractivity contribution is 5.73. The van der Waals surface area contributed by atoms with Crippen LogP contribution in [0.2, 0.25) is 0 Å². The molecule has 0 saturated carbocycles. The molecule has 0 unspecified atom stereocenters. The Hall–Kier alpha value is -0.890. The van der Waals surface area contributed by atoms with Crippen LogP contribution in [0.5, 0.6) is 0 Å². The van der Waals surface area contributed by atoms with Gasteiger partial charge in [-0.3, -0.25) is 4.79 Å². The van der Waals surface area contributed by atoms with Crippen molar-refractivity contribution in [3.63, 3.8) is 0 Å². The van der Waals surface area contributed by atoms with E-state index in [4.69, 9.17) is 14.2 Å². The molecule has 146 valence electrons. The first kappa shape index (κ1) is 20.4. The molecule has 0 aliphatic carbocycles. The van der Waals surface area contributed by atoms with Gasteiger partial charge in [-0.15, -0.1) is 0 Å². The first-order chi connectivity index (χ1) is 11.6. The molecule has 11 nitrogen and oxygen atoms in total. The summed E-state index contributed by atoms with van der Waals surface area (Å²) in [5.74, 6) is -0.520. The number of ether oxygens (including phenoxy) is 3. The van der Waals surface area contributed by atoms with Crippen molar-refractivity contribution >= 4 is 5.91 Å². The fourth-order valence-electron chi connectivity index (χ4n) is 2.82. The van der Waals surface area contributed by atoms with Crippen LogP contribution in [0.1, 0.15) is 13.8 Å². The van der Waals surface area contributed by atoms with Gasteiger partial charge in [0.05, 0.1) is 12.7 Å². The first-order valence-corrected chi connectivity index (χ1v) is 7.91. The number of hydrogen-bond acceptors (Lipinski definition) is 10. The molecule has 0 aromatic heterocycles. The van der Waals surface area contributed by atoms with E-state index >= 15 is 0 Å². The van der Waals surface area contributed by atoms with E-state index in [0.29, 0.717) is 0 Å². The van der Waals surface area contributed by atoms with Crippen molar-refractivity contribution in [3.05, 3.63) is 0 Å². The fourth-order valence-corrected chi connectivity index (χ4v) is 2.82. The van der Waals surface area contributed by atoms with Crippen LogP contribution in [0, 0.1) is 0 Å². The second kappa shape index (κ2) is 8.20. The van der Waals surface area contributed by atoms with Crippen molar-refractivity contribution in [2.75, 3.05) is 6.61 Å². The largest absolute Gasteiger partial charge is 0.388 e. The number of carbonyl (C=O) groups is 1. The van der Waals surface area contributed by atoms with Crippen molar-refractivity contribution in [2.24, 2.45) is 0 Å². The maximum absolute atomic E-state index is 11.1. The van der Waals surface area contributed by atoms with E-state index in [1.165, 1.54) is 13.8 Å². The summed E-state index contributed by atoms with van der Waals surface area (Å²) in [6, 6.07) is -1.21. The van der Waals surface area contributed by atoms with Gasteiger partial charge in [-0.1, -0.05) is 0 Å². The maximum Gasteiger partial charge on any atom is 0.217 e. The van der Waals surface area contributed by atoms with Crippen LogP contribution in [-0.2, 0) is 19.0 Å². The molecule has 2 aliphatic heterocycles. The molecule has 0 radical (unpaired) electrons. The van der Waals surface area contributed by atoms with Gasteiger partial charge < -0.3 is 50.2 Å². The lowest BCUT2D eigenvalue weighted by atomic mass is 9.97. The Morgan fingerprint density at radius 2 is 1.60 bits per heavy atom. The molecule has 0 aromatic rings. The highest BCUT2D eigenvalue weighted by Crippen LogP contribution is 2.24. The van der Waals surface area contributed by atoms with Crippen LogP contribution in [0.3, 0.4) is 0 Å². The van der Waals surface area contributed by atoms with Gasteiger partial charge in [-0.25, -0.2) is 0 Å². The summed E-state index contributed by atoms with van der Waals surface area (Å²) >= 11 is 0. The first-order valence-electron chi connectivity index (χ1n) is 7.91. The molecule has 11 heteroatoms. The van der Waals surface area contributed by atoms with Crippen molar-refractivity contribution in [3.8, 4) is 0 Å². The lowest BCUT2D eigenvalue weighted by Crippen LogP contribution is -2.64. The van der Waals surface area contributed by atoms with Gasteiger partial charge in [0.25, 0.3) is 0 Å². The molecule has 2 aliphatic rings. The Kier molecular flexibility index (Phi) is 6.70. The number of amides is 1. The molecule has 2 fully saturated rings. The average Bonchev–Trinajstić information content (AvgIpc) is 2.55. The van der Waals surface area contributed by atoms with Gasteiger partial charge in [0.15, 0.2) is 12.6 Å². The third-order valence-corrected chi connectivity index (χ3v) is 4.32. The Bertz CT molecular complexity index is 465. The zero-order valence-corrected chi connectivity index (χ0v) is 13.8. The van der Waals surface area contributed by atoms with Crippen molar-refractivity contribution < 1.29 is 49.6 Å². The molecule has 1 amide bonds. The molecule has 10 atom stereocenters. The van der Waals surface area contributed by atoms with E-state index in [1.807, 2.05) is 0 Å². The van der Waals surface area contributed by atoms with Gasteiger partial charge in [0.2, 0.25) is 5.91 Å². The number of rotatable bonds is 4. The molecule has 0 aromatic carbocycles. The molecule has 2 heterocycles. The van der Waals surface area contributed by atoms with Gasteiger partial charge in [-0.05, 0) is 6.92 Å². The molecule has 7 N–H and O–H groups in total. The predicted octanol–water partition coefficient (Wildman–Crippen LogP) is -4.23. The lowest BCUT2D eigenvalue weighted by molar-refractivity contribution is -0.313. The highest BCUT2D eigenvalue weighted by atomic mass is 16.7.